The Bertz CT molecular complexity index is 1470. The second kappa shape index (κ2) is 11.5. The van der Waals surface area contributed by atoms with Crippen LogP contribution in [-0.4, -0.2) is 34.5 Å². The Labute approximate surface area is 211 Å². The van der Waals surface area contributed by atoms with Crippen molar-refractivity contribution in [2.45, 2.75) is 5.16 Å². The number of benzene rings is 3. The summed E-state index contributed by atoms with van der Waals surface area (Å²) in [6.07, 6.45) is 5.01. The highest BCUT2D eigenvalue weighted by atomic mass is 35.5. The average molecular weight is 505 g/mol. The van der Waals surface area contributed by atoms with Crippen LogP contribution in [0.2, 0.25) is 5.02 Å². The molecule has 176 valence electrons. The smallest absolute Gasteiger partial charge is 0.266 e. The standard InChI is InChI=1S/C26H21ClN4O3S/c1-34-23-11-5-2-7-18(23)8-6-16-28-30-24(32)17-35-26-29-22-10-4-3-9-21(22)25(33)31(26)20-14-12-19(27)13-15-20/h2-16H,17H2,1H3,(H,30,32)/b8-6+,28-16-. The molecule has 0 aliphatic rings. The molecule has 4 rings (SSSR count). The van der Waals surface area contributed by atoms with Gasteiger partial charge >= 0.3 is 0 Å². The maximum atomic E-state index is 13.2. The number of hydrogen-bond acceptors (Lipinski definition) is 6. The van der Waals surface area contributed by atoms with Gasteiger partial charge in [-0.05, 0) is 54.6 Å². The van der Waals surface area contributed by atoms with Crippen LogP contribution in [0.1, 0.15) is 5.56 Å². The number of para-hydroxylation sites is 2. The highest BCUT2D eigenvalue weighted by Crippen LogP contribution is 2.22. The van der Waals surface area contributed by atoms with Crippen LogP contribution in [0.4, 0.5) is 0 Å². The molecule has 35 heavy (non-hydrogen) atoms. The van der Waals surface area contributed by atoms with Crippen molar-refractivity contribution in [3.63, 3.8) is 0 Å². The minimum absolute atomic E-state index is 0.0198. The fourth-order valence-electron chi connectivity index (χ4n) is 3.29. The average Bonchev–Trinajstić information content (AvgIpc) is 2.88. The van der Waals surface area contributed by atoms with Crippen molar-refractivity contribution in [1.82, 2.24) is 15.0 Å². The van der Waals surface area contributed by atoms with Crippen LogP contribution in [0, 0.1) is 0 Å². The molecule has 1 amide bonds. The number of rotatable bonds is 8. The lowest BCUT2D eigenvalue weighted by atomic mass is 10.2. The van der Waals surface area contributed by atoms with E-state index >= 15 is 0 Å². The summed E-state index contributed by atoms with van der Waals surface area (Å²) < 4.78 is 6.77. The zero-order chi connectivity index (χ0) is 24.6. The number of nitrogens with zero attached hydrogens (tertiary/aromatic N) is 3. The number of hydrogen-bond donors (Lipinski definition) is 1. The molecule has 0 bridgehead atoms. The van der Waals surface area contributed by atoms with Crippen LogP contribution in [0.15, 0.2) is 93.9 Å². The molecule has 1 aromatic heterocycles. The SMILES string of the molecule is COc1ccccc1/C=C/C=N\NC(=O)CSc1nc2ccccc2c(=O)n1-c1ccc(Cl)cc1. The second-order valence-electron chi connectivity index (χ2n) is 7.23. The highest BCUT2D eigenvalue weighted by molar-refractivity contribution is 7.99. The molecule has 7 nitrogen and oxygen atoms in total. The van der Waals surface area contributed by atoms with Gasteiger partial charge in [0.2, 0.25) is 0 Å². The van der Waals surface area contributed by atoms with E-state index in [-0.39, 0.29) is 17.2 Å². The number of hydrazone groups is 1. The third-order valence-corrected chi connectivity index (χ3v) is 6.12. The molecule has 0 saturated carbocycles. The number of aromatic nitrogens is 2. The van der Waals surface area contributed by atoms with E-state index in [0.29, 0.717) is 26.8 Å². The fourth-order valence-corrected chi connectivity index (χ4v) is 4.22. The van der Waals surface area contributed by atoms with E-state index in [1.165, 1.54) is 10.8 Å². The molecular formula is C26H21ClN4O3S. The van der Waals surface area contributed by atoms with Gasteiger partial charge < -0.3 is 4.74 Å². The number of fused-ring (bicyclic) bond motifs is 1. The van der Waals surface area contributed by atoms with Crippen molar-refractivity contribution < 1.29 is 9.53 Å². The number of amides is 1. The summed E-state index contributed by atoms with van der Waals surface area (Å²) in [6, 6.07) is 21.5. The van der Waals surface area contributed by atoms with E-state index in [1.807, 2.05) is 36.4 Å². The summed E-state index contributed by atoms with van der Waals surface area (Å²) >= 11 is 7.16. The minimum atomic E-state index is -0.331. The molecule has 1 heterocycles. The minimum Gasteiger partial charge on any atom is -0.496 e. The van der Waals surface area contributed by atoms with Crippen LogP contribution in [0.25, 0.3) is 22.7 Å². The number of allylic oxidation sites excluding steroid dienone is 1. The first kappa shape index (κ1) is 24.3. The van der Waals surface area contributed by atoms with E-state index in [1.54, 1.807) is 55.7 Å². The molecule has 0 radical (unpaired) electrons. The maximum Gasteiger partial charge on any atom is 0.266 e. The van der Waals surface area contributed by atoms with Gasteiger partial charge in [-0.25, -0.2) is 10.4 Å². The van der Waals surface area contributed by atoms with Crippen molar-refractivity contribution >= 4 is 52.5 Å². The van der Waals surface area contributed by atoms with Crippen molar-refractivity contribution in [3.8, 4) is 11.4 Å². The monoisotopic (exact) mass is 504 g/mol. The van der Waals surface area contributed by atoms with Gasteiger partial charge in [0.1, 0.15) is 5.75 Å². The number of halogens is 1. The second-order valence-corrected chi connectivity index (χ2v) is 8.61. The summed E-state index contributed by atoms with van der Waals surface area (Å²) in [6.45, 7) is 0. The number of ether oxygens (including phenoxy) is 1. The number of methoxy groups -OCH3 is 1. The Kier molecular flexibility index (Phi) is 7.97. The molecule has 3 aromatic carbocycles. The van der Waals surface area contributed by atoms with Gasteiger partial charge in [0.25, 0.3) is 11.5 Å². The van der Waals surface area contributed by atoms with E-state index in [0.717, 1.165) is 23.1 Å². The molecule has 0 unspecified atom stereocenters. The molecule has 0 aliphatic carbocycles. The summed E-state index contributed by atoms with van der Waals surface area (Å²) in [5.74, 6) is 0.431. The van der Waals surface area contributed by atoms with Crippen molar-refractivity contribution in [2.75, 3.05) is 12.9 Å². The van der Waals surface area contributed by atoms with Crippen molar-refractivity contribution in [2.24, 2.45) is 5.10 Å². The summed E-state index contributed by atoms with van der Waals surface area (Å²) in [4.78, 5) is 30.2. The summed E-state index contributed by atoms with van der Waals surface area (Å²) in [7, 11) is 1.61. The lowest BCUT2D eigenvalue weighted by Crippen LogP contribution is -2.24. The first-order chi connectivity index (χ1) is 17.1. The lowest BCUT2D eigenvalue weighted by Gasteiger charge is -2.13. The van der Waals surface area contributed by atoms with Crippen LogP contribution < -0.4 is 15.7 Å². The van der Waals surface area contributed by atoms with E-state index in [9.17, 15) is 9.59 Å². The molecule has 0 aliphatic heterocycles. The van der Waals surface area contributed by atoms with Gasteiger partial charge in [0.15, 0.2) is 5.16 Å². The third-order valence-electron chi connectivity index (χ3n) is 4.93. The summed E-state index contributed by atoms with van der Waals surface area (Å²) in [5, 5.41) is 5.38. The number of carbonyl (C=O) groups excluding carboxylic acids is 1. The van der Waals surface area contributed by atoms with Crippen molar-refractivity contribution in [3.05, 3.63) is 99.8 Å². The van der Waals surface area contributed by atoms with Crippen LogP contribution in [-0.2, 0) is 4.79 Å². The Morgan fingerprint density at radius 2 is 1.86 bits per heavy atom. The molecule has 0 spiro atoms. The van der Waals surface area contributed by atoms with Gasteiger partial charge in [0, 0.05) is 16.8 Å². The Morgan fingerprint density at radius 1 is 1.11 bits per heavy atom. The van der Waals surface area contributed by atoms with Gasteiger partial charge in [-0.2, -0.15) is 5.10 Å². The van der Waals surface area contributed by atoms with Crippen LogP contribution in [0.3, 0.4) is 0 Å². The van der Waals surface area contributed by atoms with Gasteiger partial charge in [0.05, 0.1) is 29.5 Å². The Hall–Kier alpha value is -3.88. The Balaban J connectivity index is 1.47. The van der Waals surface area contributed by atoms with E-state index in [2.05, 4.69) is 15.5 Å². The van der Waals surface area contributed by atoms with Gasteiger partial charge in [-0.15, -0.1) is 0 Å². The quantitative estimate of drug-likeness (QED) is 0.159. The zero-order valence-electron chi connectivity index (χ0n) is 18.7. The predicted molar refractivity (Wildman–Crippen MR) is 142 cm³/mol. The topological polar surface area (TPSA) is 85.6 Å². The first-order valence-electron chi connectivity index (χ1n) is 10.6. The number of carbonyl (C=O) groups is 1. The summed E-state index contributed by atoms with van der Waals surface area (Å²) in [5.41, 5.74) is 4.32. The Morgan fingerprint density at radius 3 is 2.66 bits per heavy atom. The maximum absolute atomic E-state index is 13.2. The van der Waals surface area contributed by atoms with Crippen LogP contribution >= 0.6 is 23.4 Å². The molecule has 0 atom stereocenters. The molecule has 1 N–H and O–H groups in total. The van der Waals surface area contributed by atoms with E-state index in [4.69, 9.17) is 16.3 Å². The molecule has 0 fully saturated rings. The lowest BCUT2D eigenvalue weighted by molar-refractivity contribution is -0.118. The predicted octanol–water partition coefficient (Wildman–Crippen LogP) is 4.96. The highest BCUT2D eigenvalue weighted by Gasteiger charge is 2.14. The third kappa shape index (κ3) is 5.98. The molecule has 0 saturated heterocycles. The number of thioether (sulfide) groups is 1. The zero-order valence-corrected chi connectivity index (χ0v) is 20.3. The molecular weight excluding hydrogens is 484 g/mol. The van der Waals surface area contributed by atoms with Crippen molar-refractivity contribution in [1.29, 1.82) is 0 Å². The molecule has 4 aromatic rings. The van der Waals surface area contributed by atoms with Gasteiger partial charge in [-0.3, -0.25) is 14.2 Å². The fraction of sp³-hybridized carbons (Fsp3) is 0.0769. The largest absolute Gasteiger partial charge is 0.496 e. The number of nitrogens with one attached hydrogen (secondary N) is 1. The van der Waals surface area contributed by atoms with E-state index < -0.39 is 0 Å². The first-order valence-corrected chi connectivity index (χ1v) is 12.0. The normalized spacial score (nSPS) is 11.4. The van der Waals surface area contributed by atoms with Crippen LogP contribution in [0.5, 0.6) is 5.75 Å². The molecule has 9 heteroatoms. The van der Waals surface area contributed by atoms with Gasteiger partial charge in [-0.1, -0.05) is 53.7 Å².